The molecule has 1 aromatic carbocycles. The maximum Gasteiger partial charge on any atom is 0.258 e. The highest BCUT2D eigenvalue weighted by atomic mass is 16.5. The number of rotatable bonds is 6. The van der Waals surface area contributed by atoms with Gasteiger partial charge < -0.3 is 10.1 Å². The topological polar surface area (TPSA) is 38.3 Å². The smallest absolute Gasteiger partial charge is 0.258 e. The molecule has 3 nitrogen and oxygen atoms in total. The van der Waals surface area contributed by atoms with Crippen molar-refractivity contribution >= 4 is 5.91 Å². The summed E-state index contributed by atoms with van der Waals surface area (Å²) in [5, 5.41) is 2.92. The molecule has 0 unspecified atom stereocenters. The molecule has 0 saturated carbocycles. The van der Waals surface area contributed by atoms with Crippen LogP contribution in [0.3, 0.4) is 0 Å². The molecule has 88 valence electrons. The first-order valence-electron chi connectivity index (χ1n) is 5.73. The van der Waals surface area contributed by atoms with Crippen LogP contribution in [-0.2, 0) is 4.79 Å². The predicted molar refractivity (Wildman–Crippen MR) is 64.4 cm³/mol. The Labute approximate surface area is 96.8 Å². The van der Waals surface area contributed by atoms with Crippen LogP contribution >= 0.6 is 0 Å². The second-order valence-electron chi connectivity index (χ2n) is 3.68. The van der Waals surface area contributed by atoms with Crippen molar-refractivity contribution in [1.29, 1.82) is 0 Å². The summed E-state index contributed by atoms with van der Waals surface area (Å²) in [5.74, 6) is 0.666. The standard InChI is InChI=1S/C13H19NO2/c1-3-11(4-2)14-13(15)10-16-12-8-6-5-7-9-12/h5-9,11H,3-4,10H2,1-2H3,(H,14,15). The molecule has 0 aliphatic heterocycles. The Morgan fingerprint density at radius 3 is 2.44 bits per heavy atom. The normalized spacial score (nSPS) is 10.2. The van der Waals surface area contributed by atoms with E-state index in [1.807, 2.05) is 30.3 Å². The molecule has 0 aliphatic carbocycles. The lowest BCUT2D eigenvalue weighted by Crippen LogP contribution is -2.37. The van der Waals surface area contributed by atoms with Gasteiger partial charge in [0.2, 0.25) is 0 Å². The fourth-order valence-corrected chi connectivity index (χ4v) is 1.43. The molecule has 0 heterocycles. The third kappa shape index (κ3) is 4.34. The second kappa shape index (κ2) is 6.88. The average Bonchev–Trinajstić information content (AvgIpc) is 2.34. The van der Waals surface area contributed by atoms with Crippen molar-refractivity contribution in [2.45, 2.75) is 32.7 Å². The third-order valence-electron chi connectivity index (χ3n) is 2.46. The van der Waals surface area contributed by atoms with E-state index in [1.54, 1.807) is 0 Å². The van der Waals surface area contributed by atoms with Crippen molar-refractivity contribution in [1.82, 2.24) is 5.32 Å². The van der Waals surface area contributed by atoms with E-state index in [-0.39, 0.29) is 18.6 Å². The van der Waals surface area contributed by atoms with E-state index in [0.717, 1.165) is 18.6 Å². The van der Waals surface area contributed by atoms with E-state index in [2.05, 4.69) is 19.2 Å². The Morgan fingerprint density at radius 1 is 1.25 bits per heavy atom. The van der Waals surface area contributed by atoms with Gasteiger partial charge in [-0.2, -0.15) is 0 Å². The van der Waals surface area contributed by atoms with Gasteiger partial charge in [-0.05, 0) is 25.0 Å². The molecule has 0 bridgehead atoms. The molecular weight excluding hydrogens is 202 g/mol. The molecule has 0 aliphatic rings. The maximum atomic E-state index is 11.5. The largest absolute Gasteiger partial charge is 0.484 e. The van der Waals surface area contributed by atoms with Gasteiger partial charge in [0.1, 0.15) is 5.75 Å². The van der Waals surface area contributed by atoms with Gasteiger partial charge in [-0.3, -0.25) is 4.79 Å². The van der Waals surface area contributed by atoms with Crippen LogP contribution in [0.4, 0.5) is 0 Å². The van der Waals surface area contributed by atoms with Crippen molar-refractivity contribution in [2.75, 3.05) is 6.61 Å². The van der Waals surface area contributed by atoms with E-state index in [0.29, 0.717) is 0 Å². The zero-order chi connectivity index (χ0) is 11.8. The lowest BCUT2D eigenvalue weighted by Gasteiger charge is -2.14. The van der Waals surface area contributed by atoms with E-state index in [9.17, 15) is 4.79 Å². The number of carbonyl (C=O) groups is 1. The molecule has 0 radical (unpaired) electrons. The SMILES string of the molecule is CCC(CC)NC(=O)COc1ccccc1. The fraction of sp³-hybridized carbons (Fsp3) is 0.462. The van der Waals surface area contributed by atoms with E-state index in [1.165, 1.54) is 0 Å². The zero-order valence-corrected chi connectivity index (χ0v) is 9.90. The van der Waals surface area contributed by atoms with Crippen LogP contribution in [-0.4, -0.2) is 18.6 Å². The first-order valence-corrected chi connectivity index (χ1v) is 5.73. The van der Waals surface area contributed by atoms with Gasteiger partial charge in [0.15, 0.2) is 6.61 Å². The minimum absolute atomic E-state index is 0.0578. The molecule has 0 aromatic heterocycles. The van der Waals surface area contributed by atoms with Gasteiger partial charge in [-0.25, -0.2) is 0 Å². The van der Waals surface area contributed by atoms with Gasteiger partial charge >= 0.3 is 0 Å². The van der Waals surface area contributed by atoms with Crippen molar-refractivity contribution in [2.24, 2.45) is 0 Å². The van der Waals surface area contributed by atoms with Gasteiger partial charge in [0.25, 0.3) is 5.91 Å². The van der Waals surface area contributed by atoms with Crippen molar-refractivity contribution in [3.63, 3.8) is 0 Å². The fourth-order valence-electron chi connectivity index (χ4n) is 1.43. The number of nitrogens with one attached hydrogen (secondary N) is 1. The molecular formula is C13H19NO2. The van der Waals surface area contributed by atoms with E-state index < -0.39 is 0 Å². The predicted octanol–water partition coefficient (Wildman–Crippen LogP) is 2.37. The molecule has 16 heavy (non-hydrogen) atoms. The summed E-state index contributed by atoms with van der Waals surface area (Å²) in [6.07, 6.45) is 1.90. The minimum Gasteiger partial charge on any atom is -0.484 e. The molecule has 0 fully saturated rings. The van der Waals surface area contributed by atoms with Crippen LogP contribution in [0.5, 0.6) is 5.75 Å². The lowest BCUT2D eigenvalue weighted by atomic mass is 10.2. The van der Waals surface area contributed by atoms with Gasteiger partial charge in [-0.15, -0.1) is 0 Å². The Balaban J connectivity index is 2.30. The maximum absolute atomic E-state index is 11.5. The highest BCUT2D eigenvalue weighted by Crippen LogP contribution is 2.07. The molecule has 0 saturated heterocycles. The van der Waals surface area contributed by atoms with Crippen LogP contribution in [0.25, 0.3) is 0 Å². The lowest BCUT2D eigenvalue weighted by molar-refractivity contribution is -0.123. The van der Waals surface area contributed by atoms with Crippen LogP contribution in [0.15, 0.2) is 30.3 Å². The summed E-state index contributed by atoms with van der Waals surface area (Å²) in [4.78, 5) is 11.5. The van der Waals surface area contributed by atoms with Crippen LogP contribution in [0.1, 0.15) is 26.7 Å². The highest BCUT2D eigenvalue weighted by molar-refractivity contribution is 5.77. The van der Waals surface area contributed by atoms with E-state index in [4.69, 9.17) is 4.74 Å². The summed E-state index contributed by atoms with van der Waals surface area (Å²) in [7, 11) is 0. The molecule has 1 N–H and O–H groups in total. The van der Waals surface area contributed by atoms with Gasteiger partial charge in [-0.1, -0.05) is 32.0 Å². The van der Waals surface area contributed by atoms with Gasteiger partial charge in [0, 0.05) is 6.04 Å². The zero-order valence-electron chi connectivity index (χ0n) is 9.90. The molecule has 1 amide bonds. The average molecular weight is 221 g/mol. The first kappa shape index (κ1) is 12.6. The Bertz CT molecular complexity index is 307. The second-order valence-corrected chi connectivity index (χ2v) is 3.68. The summed E-state index contributed by atoms with van der Waals surface area (Å²) >= 11 is 0. The molecule has 0 atom stereocenters. The van der Waals surface area contributed by atoms with Crippen LogP contribution in [0, 0.1) is 0 Å². The van der Waals surface area contributed by atoms with Crippen LogP contribution < -0.4 is 10.1 Å². The Hall–Kier alpha value is -1.51. The third-order valence-corrected chi connectivity index (χ3v) is 2.46. The number of carbonyl (C=O) groups excluding carboxylic acids is 1. The number of para-hydroxylation sites is 1. The van der Waals surface area contributed by atoms with Crippen molar-refractivity contribution in [3.8, 4) is 5.75 Å². The molecule has 3 heteroatoms. The highest BCUT2D eigenvalue weighted by Gasteiger charge is 2.08. The number of hydrogen-bond donors (Lipinski definition) is 1. The monoisotopic (exact) mass is 221 g/mol. The summed E-state index contributed by atoms with van der Waals surface area (Å²) in [6, 6.07) is 9.61. The summed E-state index contributed by atoms with van der Waals surface area (Å²) in [5.41, 5.74) is 0. The number of hydrogen-bond acceptors (Lipinski definition) is 2. The molecule has 1 rings (SSSR count). The minimum atomic E-state index is -0.0578. The number of benzene rings is 1. The molecule has 1 aromatic rings. The van der Waals surface area contributed by atoms with Crippen molar-refractivity contribution < 1.29 is 9.53 Å². The van der Waals surface area contributed by atoms with Crippen LogP contribution in [0.2, 0.25) is 0 Å². The number of amides is 1. The Kier molecular flexibility index (Phi) is 5.40. The first-order chi connectivity index (χ1) is 7.76. The van der Waals surface area contributed by atoms with E-state index >= 15 is 0 Å². The quantitative estimate of drug-likeness (QED) is 0.801. The number of ether oxygens (including phenoxy) is 1. The summed E-state index contributed by atoms with van der Waals surface area (Å²) < 4.78 is 5.35. The Morgan fingerprint density at radius 2 is 1.88 bits per heavy atom. The summed E-state index contributed by atoms with van der Waals surface area (Å²) in [6.45, 7) is 4.21. The molecule has 0 spiro atoms. The van der Waals surface area contributed by atoms with Crippen molar-refractivity contribution in [3.05, 3.63) is 30.3 Å². The van der Waals surface area contributed by atoms with Gasteiger partial charge in [0.05, 0.1) is 0 Å².